The summed E-state index contributed by atoms with van der Waals surface area (Å²) in [6, 6.07) is 2.05. The summed E-state index contributed by atoms with van der Waals surface area (Å²) in [5, 5.41) is 10.5. The number of aromatic amines is 1. The molecule has 0 bridgehead atoms. The van der Waals surface area contributed by atoms with E-state index in [1.807, 2.05) is 13.0 Å². The molecular weight excluding hydrogens is 230 g/mol. The number of rotatable bonds is 6. The summed E-state index contributed by atoms with van der Waals surface area (Å²) in [5.41, 5.74) is 5.22. The second kappa shape index (κ2) is 6.52. The normalized spacial score (nSPS) is 11.0. The van der Waals surface area contributed by atoms with Gasteiger partial charge in [-0.05, 0) is 48.5 Å². The van der Waals surface area contributed by atoms with E-state index in [2.05, 4.69) is 36.8 Å². The minimum Gasteiger partial charge on any atom is -0.396 e. The molecule has 0 radical (unpaired) electrons. The van der Waals surface area contributed by atoms with Crippen LogP contribution in [0.4, 0.5) is 0 Å². The van der Waals surface area contributed by atoms with Crippen LogP contribution in [0, 0.1) is 6.92 Å². The molecule has 0 aliphatic heterocycles. The first-order chi connectivity index (χ1) is 8.08. The van der Waals surface area contributed by atoms with E-state index in [0.29, 0.717) is 12.8 Å². The van der Waals surface area contributed by atoms with Crippen LogP contribution in [0.2, 0.25) is 0 Å². The monoisotopic (exact) mass is 249 g/mol. The molecule has 0 saturated carbocycles. The van der Waals surface area contributed by atoms with Gasteiger partial charge in [0.05, 0.1) is 0 Å². The number of aliphatic hydroxyl groups excluding tert-OH is 1. The third-order valence-electron chi connectivity index (χ3n) is 2.62. The fourth-order valence-electron chi connectivity index (χ4n) is 1.66. The number of aromatic nitrogens is 1. The average Bonchev–Trinajstić information content (AvgIpc) is 2.61. The van der Waals surface area contributed by atoms with Crippen molar-refractivity contribution in [1.82, 2.24) is 4.98 Å². The Hall–Kier alpha value is -1.19. The van der Waals surface area contributed by atoms with Gasteiger partial charge in [0.15, 0.2) is 0 Å². The molecular formula is C14H19NOS. The van der Waals surface area contributed by atoms with E-state index in [1.54, 1.807) is 5.41 Å². The molecule has 2 nitrogen and oxygen atoms in total. The zero-order chi connectivity index (χ0) is 12.8. The van der Waals surface area contributed by atoms with Crippen LogP contribution in [0.15, 0.2) is 30.2 Å². The summed E-state index contributed by atoms with van der Waals surface area (Å²) in [6.07, 6.45) is 3.28. The molecule has 17 heavy (non-hydrogen) atoms. The SMILES string of the molecule is C=C(CCO)CC(=C)c1cc(/C=C\S)c(C)[nH]1. The quantitative estimate of drug-likeness (QED) is 0.523. The van der Waals surface area contributed by atoms with Crippen molar-refractivity contribution in [2.24, 2.45) is 0 Å². The third kappa shape index (κ3) is 3.95. The molecule has 0 aromatic carbocycles. The standard InChI is InChI=1S/C14H19NOS/c1-10(4-6-16)8-11(2)14-9-13(5-7-17)12(3)15-14/h5,7,9,15-17H,1-2,4,6,8H2,3H3/b7-5-. The molecule has 0 aliphatic carbocycles. The number of hydrogen-bond donors (Lipinski definition) is 3. The topological polar surface area (TPSA) is 36.0 Å². The third-order valence-corrected chi connectivity index (χ3v) is 2.77. The summed E-state index contributed by atoms with van der Waals surface area (Å²) in [7, 11) is 0. The van der Waals surface area contributed by atoms with Crippen LogP contribution in [0.3, 0.4) is 0 Å². The fourth-order valence-corrected chi connectivity index (χ4v) is 1.82. The van der Waals surface area contributed by atoms with Gasteiger partial charge in [0.1, 0.15) is 0 Å². The molecule has 0 spiro atoms. The van der Waals surface area contributed by atoms with Crippen molar-refractivity contribution in [2.75, 3.05) is 6.61 Å². The Morgan fingerprint density at radius 3 is 2.82 bits per heavy atom. The molecule has 3 heteroatoms. The van der Waals surface area contributed by atoms with Crippen molar-refractivity contribution in [2.45, 2.75) is 19.8 Å². The zero-order valence-corrected chi connectivity index (χ0v) is 11.1. The van der Waals surface area contributed by atoms with Gasteiger partial charge in [-0.3, -0.25) is 0 Å². The van der Waals surface area contributed by atoms with E-state index >= 15 is 0 Å². The van der Waals surface area contributed by atoms with Crippen LogP contribution in [0.5, 0.6) is 0 Å². The fraction of sp³-hybridized carbons (Fsp3) is 0.286. The Bertz CT molecular complexity index is 443. The number of allylic oxidation sites excluding steroid dienone is 1. The first kappa shape index (κ1) is 13.9. The molecule has 1 aromatic heterocycles. The second-order valence-corrected chi connectivity index (χ2v) is 4.38. The summed E-state index contributed by atoms with van der Waals surface area (Å²) in [5.74, 6) is 0. The van der Waals surface area contributed by atoms with Crippen LogP contribution in [0.25, 0.3) is 11.6 Å². The summed E-state index contributed by atoms with van der Waals surface area (Å²) >= 11 is 4.06. The Kier molecular flexibility index (Phi) is 5.32. The number of H-pyrrole nitrogens is 1. The van der Waals surface area contributed by atoms with Gasteiger partial charge in [-0.25, -0.2) is 0 Å². The van der Waals surface area contributed by atoms with Gasteiger partial charge in [0, 0.05) is 18.0 Å². The van der Waals surface area contributed by atoms with Gasteiger partial charge in [-0.1, -0.05) is 18.7 Å². The molecule has 0 fully saturated rings. The van der Waals surface area contributed by atoms with Crippen LogP contribution in [-0.4, -0.2) is 16.7 Å². The lowest BCUT2D eigenvalue weighted by molar-refractivity contribution is 0.299. The van der Waals surface area contributed by atoms with E-state index < -0.39 is 0 Å². The number of nitrogens with one attached hydrogen (secondary N) is 1. The number of aryl methyl sites for hydroxylation is 1. The van der Waals surface area contributed by atoms with Gasteiger partial charge in [0.25, 0.3) is 0 Å². The van der Waals surface area contributed by atoms with Gasteiger partial charge in [-0.15, -0.1) is 0 Å². The lowest BCUT2D eigenvalue weighted by Crippen LogP contribution is -1.90. The van der Waals surface area contributed by atoms with Gasteiger partial charge < -0.3 is 10.1 Å². The van der Waals surface area contributed by atoms with Crippen LogP contribution < -0.4 is 0 Å². The van der Waals surface area contributed by atoms with Crippen LogP contribution in [0.1, 0.15) is 29.8 Å². The van der Waals surface area contributed by atoms with Crippen molar-refractivity contribution in [3.8, 4) is 0 Å². The van der Waals surface area contributed by atoms with E-state index in [0.717, 1.165) is 28.1 Å². The maximum atomic E-state index is 8.82. The Morgan fingerprint density at radius 2 is 2.24 bits per heavy atom. The minimum absolute atomic E-state index is 0.142. The van der Waals surface area contributed by atoms with Gasteiger partial charge in [-0.2, -0.15) is 12.6 Å². The highest BCUT2D eigenvalue weighted by atomic mass is 32.1. The Morgan fingerprint density at radius 1 is 1.53 bits per heavy atom. The van der Waals surface area contributed by atoms with Gasteiger partial charge >= 0.3 is 0 Å². The number of thiol groups is 1. The first-order valence-electron chi connectivity index (χ1n) is 5.54. The van der Waals surface area contributed by atoms with E-state index in [-0.39, 0.29) is 6.61 Å². The van der Waals surface area contributed by atoms with Crippen molar-refractivity contribution in [3.63, 3.8) is 0 Å². The smallest absolute Gasteiger partial charge is 0.0468 e. The van der Waals surface area contributed by atoms with E-state index in [1.165, 1.54) is 0 Å². The largest absolute Gasteiger partial charge is 0.396 e. The van der Waals surface area contributed by atoms with Crippen molar-refractivity contribution in [1.29, 1.82) is 0 Å². The summed E-state index contributed by atoms with van der Waals surface area (Å²) in [4.78, 5) is 3.29. The summed E-state index contributed by atoms with van der Waals surface area (Å²) < 4.78 is 0. The number of aliphatic hydroxyl groups is 1. The molecule has 2 N–H and O–H groups in total. The predicted octanol–water partition coefficient (Wildman–Crippen LogP) is 3.57. The Balaban J connectivity index is 2.76. The van der Waals surface area contributed by atoms with Crippen molar-refractivity contribution in [3.05, 3.63) is 47.2 Å². The molecule has 0 atom stereocenters. The predicted molar refractivity (Wildman–Crippen MR) is 78.0 cm³/mol. The second-order valence-electron chi connectivity index (χ2n) is 4.08. The minimum atomic E-state index is 0.142. The summed E-state index contributed by atoms with van der Waals surface area (Å²) in [6.45, 7) is 10.1. The maximum absolute atomic E-state index is 8.82. The number of hydrogen-bond acceptors (Lipinski definition) is 2. The molecule has 0 unspecified atom stereocenters. The average molecular weight is 249 g/mol. The first-order valence-corrected chi connectivity index (χ1v) is 6.06. The highest BCUT2D eigenvalue weighted by Gasteiger charge is 2.06. The molecule has 0 amide bonds. The molecule has 92 valence electrons. The van der Waals surface area contributed by atoms with E-state index in [9.17, 15) is 0 Å². The highest BCUT2D eigenvalue weighted by Crippen LogP contribution is 2.23. The lowest BCUT2D eigenvalue weighted by atomic mass is 10.0. The zero-order valence-electron chi connectivity index (χ0n) is 10.2. The van der Waals surface area contributed by atoms with Gasteiger partial charge in [0.2, 0.25) is 0 Å². The molecule has 0 saturated heterocycles. The van der Waals surface area contributed by atoms with Crippen molar-refractivity contribution >= 4 is 24.3 Å². The van der Waals surface area contributed by atoms with Crippen LogP contribution >= 0.6 is 12.6 Å². The van der Waals surface area contributed by atoms with Crippen molar-refractivity contribution < 1.29 is 5.11 Å². The van der Waals surface area contributed by atoms with Crippen LogP contribution in [-0.2, 0) is 0 Å². The lowest BCUT2D eigenvalue weighted by Gasteiger charge is -2.05. The van der Waals surface area contributed by atoms with E-state index in [4.69, 9.17) is 5.11 Å². The Labute approximate surface area is 108 Å². The molecule has 1 aromatic rings. The molecule has 1 rings (SSSR count). The maximum Gasteiger partial charge on any atom is 0.0468 e. The molecule has 0 aliphatic rings. The highest BCUT2D eigenvalue weighted by molar-refractivity contribution is 7.83. The molecule has 1 heterocycles.